The highest BCUT2D eigenvalue weighted by Crippen LogP contribution is 2.19. The first kappa shape index (κ1) is 24.4. The van der Waals surface area contributed by atoms with Crippen LogP contribution in [0.2, 0.25) is 0 Å². The van der Waals surface area contributed by atoms with Crippen molar-refractivity contribution in [3.8, 4) is 0 Å². The van der Waals surface area contributed by atoms with Gasteiger partial charge in [-0.2, -0.15) is 0 Å². The van der Waals surface area contributed by atoms with Crippen LogP contribution in [0.1, 0.15) is 49.5 Å². The maximum Gasteiger partial charge on any atom is 0.329 e. The second kappa shape index (κ2) is 11.5. The molecular weight excluding hydrogens is 400 g/mol. The van der Waals surface area contributed by atoms with E-state index in [4.69, 9.17) is 9.47 Å². The average Bonchev–Trinajstić information content (AvgIpc) is 2.75. The fraction of sp³-hybridized carbons (Fsp3) is 0.565. The van der Waals surface area contributed by atoms with Gasteiger partial charge in [-0.15, -0.1) is 0 Å². The number of carbonyl (C=O) groups is 4. The van der Waals surface area contributed by atoms with Crippen LogP contribution in [-0.4, -0.2) is 61.0 Å². The summed E-state index contributed by atoms with van der Waals surface area (Å²) in [6.45, 7) is 8.01. The molecule has 1 aromatic carbocycles. The molecule has 0 aromatic heterocycles. The second-order valence-corrected chi connectivity index (χ2v) is 8.08. The number of ether oxygens (including phenoxy) is 2. The molecule has 0 radical (unpaired) electrons. The number of nitrogens with one attached hydrogen (secondary N) is 1. The van der Waals surface area contributed by atoms with Gasteiger partial charge in [0.05, 0.1) is 12.5 Å². The number of piperidine rings is 1. The van der Waals surface area contributed by atoms with Crippen molar-refractivity contribution >= 4 is 23.8 Å². The zero-order valence-corrected chi connectivity index (χ0v) is 18.7. The standard InChI is InChI=1S/C23H32N2O6/c1-5-30-22(28)17-9-11-25(12-10-17)19(26)14-31-23(29)20(15(2)3)24-21(27)18-8-6-7-16(4)13-18/h6-8,13,15,17,20H,5,9-12,14H2,1-4H3,(H,24,27)/t20-/m0/s1. The highest BCUT2D eigenvalue weighted by molar-refractivity contribution is 5.97. The largest absolute Gasteiger partial charge is 0.466 e. The third kappa shape index (κ3) is 7.08. The van der Waals surface area contributed by atoms with Crippen molar-refractivity contribution in [2.75, 3.05) is 26.3 Å². The molecule has 1 N–H and O–H groups in total. The molecule has 0 unspecified atom stereocenters. The molecular formula is C23H32N2O6. The van der Waals surface area contributed by atoms with Crippen molar-refractivity contribution in [2.24, 2.45) is 11.8 Å². The van der Waals surface area contributed by atoms with Crippen LogP contribution in [0.25, 0.3) is 0 Å². The second-order valence-electron chi connectivity index (χ2n) is 8.08. The minimum Gasteiger partial charge on any atom is -0.466 e. The minimum atomic E-state index is -0.865. The molecule has 1 saturated heterocycles. The number of likely N-dealkylation sites (tertiary alicyclic amines) is 1. The van der Waals surface area contributed by atoms with Gasteiger partial charge in [0.2, 0.25) is 0 Å². The van der Waals surface area contributed by atoms with Gasteiger partial charge in [0, 0.05) is 18.7 Å². The lowest BCUT2D eigenvalue weighted by Gasteiger charge is -2.31. The van der Waals surface area contributed by atoms with Gasteiger partial charge >= 0.3 is 11.9 Å². The van der Waals surface area contributed by atoms with E-state index in [1.54, 1.807) is 43.9 Å². The Bertz CT molecular complexity index is 799. The lowest BCUT2D eigenvalue weighted by Crippen LogP contribution is -2.47. The first-order chi connectivity index (χ1) is 14.7. The van der Waals surface area contributed by atoms with E-state index in [0.29, 0.717) is 38.1 Å². The van der Waals surface area contributed by atoms with Crippen molar-refractivity contribution in [3.63, 3.8) is 0 Å². The molecule has 170 valence electrons. The fourth-order valence-electron chi connectivity index (χ4n) is 3.45. The van der Waals surface area contributed by atoms with Crippen molar-refractivity contribution in [2.45, 2.75) is 46.6 Å². The van der Waals surface area contributed by atoms with Crippen LogP contribution >= 0.6 is 0 Å². The number of hydrogen-bond donors (Lipinski definition) is 1. The van der Waals surface area contributed by atoms with Crippen LogP contribution in [-0.2, 0) is 23.9 Å². The van der Waals surface area contributed by atoms with Crippen molar-refractivity contribution in [1.29, 1.82) is 0 Å². The number of rotatable bonds is 8. The van der Waals surface area contributed by atoms with E-state index < -0.39 is 18.6 Å². The molecule has 1 aliphatic rings. The first-order valence-electron chi connectivity index (χ1n) is 10.7. The topological polar surface area (TPSA) is 102 Å². The maximum atomic E-state index is 12.6. The normalized spacial score (nSPS) is 15.3. The summed E-state index contributed by atoms with van der Waals surface area (Å²) in [7, 11) is 0. The van der Waals surface area contributed by atoms with E-state index in [-0.39, 0.29) is 29.6 Å². The van der Waals surface area contributed by atoms with Gasteiger partial charge in [-0.3, -0.25) is 14.4 Å². The summed E-state index contributed by atoms with van der Waals surface area (Å²) in [5.74, 6) is -1.98. The molecule has 0 spiro atoms. The van der Waals surface area contributed by atoms with Gasteiger partial charge < -0.3 is 19.7 Å². The van der Waals surface area contributed by atoms with Gasteiger partial charge in [0.1, 0.15) is 6.04 Å². The quantitative estimate of drug-likeness (QED) is 0.631. The monoisotopic (exact) mass is 432 g/mol. The fourth-order valence-corrected chi connectivity index (χ4v) is 3.45. The molecule has 8 nitrogen and oxygen atoms in total. The summed E-state index contributed by atoms with van der Waals surface area (Å²) in [5, 5.41) is 2.70. The number of hydrogen-bond acceptors (Lipinski definition) is 6. The van der Waals surface area contributed by atoms with Gasteiger partial charge in [-0.1, -0.05) is 31.5 Å². The zero-order chi connectivity index (χ0) is 23.0. The smallest absolute Gasteiger partial charge is 0.329 e. The van der Waals surface area contributed by atoms with E-state index in [1.165, 1.54) is 0 Å². The summed E-state index contributed by atoms with van der Waals surface area (Å²) in [6.07, 6.45) is 1.05. The molecule has 31 heavy (non-hydrogen) atoms. The number of amides is 2. The number of esters is 2. The van der Waals surface area contributed by atoms with Crippen LogP contribution in [0.5, 0.6) is 0 Å². The van der Waals surface area contributed by atoms with E-state index in [9.17, 15) is 19.2 Å². The molecule has 1 heterocycles. The van der Waals surface area contributed by atoms with E-state index in [1.807, 2.05) is 13.0 Å². The Morgan fingerprint density at radius 1 is 1.13 bits per heavy atom. The summed E-state index contributed by atoms with van der Waals surface area (Å²) in [4.78, 5) is 50.9. The summed E-state index contributed by atoms with van der Waals surface area (Å²) < 4.78 is 10.2. The molecule has 0 saturated carbocycles. The van der Waals surface area contributed by atoms with Crippen LogP contribution in [0, 0.1) is 18.8 Å². The van der Waals surface area contributed by atoms with Crippen LogP contribution < -0.4 is 5.32 Å². The lowest BCUT2D eigenvalue weighted by atomic mass is 9.97. The van der Waals surface area contributed by atoms with Crippen molar-refractivity contribution < 1.29 is 28.7 Å². The van der Waals surface area contributed by atoms with E-state index in [2.05, 4.69) is 5.32 Å². The third-order valence-electron chi connectivity index (χ3n) is 5.29. The highest BCUT2D eigenvalue weighted by Gasteiger charge is 2.30. The molecule has 1 fully saturated rings. The predicted octanol–water partition coefficient (Wildman–Crippen LogP) is 2.09. The molecule has 1 aliphatic heterocycles. The Labute approximate surface area is 183 Å². The Balaban J connectivity index is 1.85. The Hall–Kier alpha value is -2.90. The SMILES string of the molecule is CCOC(=O)C1CCN(C(=O)COC(=O)[C@@H](NC(=O)c2cccc(C)c2)C(C)C)CC1. The summed E-state index contributed by atoms with van der Waals surface area (Å²) >= 11 is 0. The zero-order valence-electron chi connectivity index (χ0n) is 18.7. The number of benzene rings is 1. The average molecular weight is 433 g/mol. The number of carbonyl (C=O) groups excluding carboxylic acids is 4. The van der Waals surface area contributed by atoms with Crippen LogP contribution in [0.3, 0.4) is 0 Å². The molecule has 2 amide bonds. The van der Waals surface area contributed by atoms with E-state index in [0.717, 1.165) is 5.56 Å². The van der Waals surface area contributed by atoms with Crippen molar-refractivity contribution in [3.05, 3.63) is 35.4 Å². The Morgan fingerprint density at radius 3 is 2.39 bits per heavy atom. The third-order valence-corrected chi connectivity index (χ3v) is 5.29. The van der Waals surface area contributed by atoms with Crippen LogP contribution in [0.15, 0.2) is 24.3 Å². The van der Waals surface area contributed by atoms with Crippen LogP contribution in [0.4, 0.5) is 0 Å². The predicted molar refractivity (Wildman–Crippen MR) is 114 cm³/mol. The molecule has 8 heteroatoms. The lowest BCUT2D eigenvalue weighted by molar-refractivity contribution is -0.156. The molecule has 0 aliphatic carbocycles. The molecule has 0 bridgehead atoms. The van der Waals surface area contributed by atoms with E-state index >= 15 is 0 Å². The molecule has 1 atom stereocenters. The van der Waals surface area contributed by atoms with Gasteiger partial charge in [0.25, 0.3) is 11.8 Å². The minimum absolute atomic E-state index is 0.200. The number of nitrogens with zero attached hydrogens (tertiary/aromatic N) is 1. The van der Waals surface area contributed by atoms with Gasteiger partial charge in [-0.25, -0.2) is 4.79 Å². The summed E-state index contributed by atoms with van der Waals surface area (Å²) in [5.41, 5.74) is 1.40. The molecule has 1 aromatic rings. The Morgan fingerprint density at radius 2 is 1.81 bits per heavy atom. The Kier molecular flexibility index (Phi) is 9.03. The maximum absolute atomic E-state index is 12.6. The number of aryl methyl sites for hydroxylation is 1. The van der Waals surface area contributed by atoms with Gasteiger partial charge in [0.15, 0.2) is 6.61 Å². The van der Waals surface area contributed by atoms with Gasteiger partial charge in [-0.05, 0) is 44.7 Å². The molecule has 2 rings (SSSR count). The summed E-state index contributed by atoms with van der Waals surface area (Å²) in [6, 6.07) is 6.20. The van der Waals surface area contributed by atoms with Crippen molar-refractivity contribution in [1.82, 2.24) is 10.2 Å². The highest BCUT2D eigenvalue weighted by atomic mass is 16.5. The first-order valence-corrected chi connectivity index (χ1v) is 10.7.